The smallest absolute Gasteiger partial charge is 0.394 e. The van der Waals surface area contributed by atoms with E-state index in [2.05, 4.69) is 0 Å². The molecule has 1 saturated heterocycles. The fraction of sp³-hybridized carbons (Fsp3) is 0.900. The highest BCUT2D eigenvalue weighted by molar-refractivity contribution is 5.74. The molecule has 100 valence electrons. The fourth-order valence-electron chi connectivity index (χ4n) is 2.06. The maximum atomic E-state index is 12.0. The third-order valence-corrected chi connectivity index (χ3v) is 3.00. The predicted octanol–water partition coefficient (Wildman–Crippen LogP) is 1.35. The standard InChI is InChI=1S/C10H17F3N2O2/c1-7-3-2-4-15(8(7)5-16)9(17)14-6-10(11,12)13/h7-8,16H,2-6H2,1H3,(H,14,17). The van der Waals surface area contributed by atoms with E-state index >= 15 is 0 Å². The molecule has 2 unspecified atom stereocenters. The lowest BCUT2D eigenvalue weighted by Crippen LogP contribution is -2.54. The first-order valence-electron chi connectivity index (χ1n) is 5.57. The summed E-state index contributed by atoms with van der Waals surface area (Å²) in [7, 11) is 0. The second-order valence-corrected chi connectivity index (χ2v) is 4.34. The van der Waals surface area contributed by atoms with Crippen molar-refractivity contribution >= 4 is 6.03 Å². The number of alkyl halides is 3. The average Bonchev–Trinajstić information content (AvgIpc) is 2.24. The zero-order valence-corrected chi connectivity index (χ0v) is 9.63. The molecule has 4 nitrogen and oxygen atoms in total. The van der Waals surface area contributed by atoms with Gasteiger partial charge in [0.25, 0.3) is 0 Å². The van der Waals surface area contributed by atoms with E-state index in [-0.39, 0.29) is 12.5 Å². The van der Waals surface area contributed by atoms with Gasteiger partial charge >= 0.3 is 12.2 Å². The lowest BCUT2D eigenvalue weighted by atomic mass is 9.91. The van der Waals surface area contributed by atoms with E-state index in [9.17, 15) is 18.0 Å². The molecule has 0 saturated carbocycles. The Bertz CT molecular complexity index is 271. The van der Waals surface area contributed by atoms with Crippen LogP contribution < -0.4 is 5.32 Å². The molecular formula is C10H17F3N2O2. The van der Waals surface area contributed by atoms with Gasteiger partial charge in [0.05, 0.1) is 12.6 Å². The number of aliphatic hydroxyl groups excluding tert-OH is 1. The molecular weight excluding hydrogens is 237 g/mol. The van der Waals surface area contributed by atoms with E-state index in [4.69, 9.17) is 5.11 Å². The Morgan fingerprint density at radius 1 is 1.53 bits per heavy atom. The van der Waals surface area contributed by atoms with E-state index in [1.165, 1.54) is 4.90 Å². The van der Waals surface area contributed by atoms with Gasteiger partial charge in [-0.3, -0.25) is 0 Å². The maximum Gasteiger partial charge on any atom is 0.405 e. The van der Waals surface area contributed by atoms with Crippen molar-refractivity contribution in [3.05, 3.63) is 0 Å². The van der Waals surface area contributed by atoms with Crippen LogP contribution in [0.5, 0.6) is 0 Å². The van der Waals surface area contributed by atoms with E-state index in [1.807, 2.05) is 12.2 Å². The van der Waals surface area contributed by atoms with Crippen LogP contribution in [0.4, 0.5) is 18.0 Å². The SMILES string of the molecule is CC1CCCN(C(=O)NCC(F)(F)F)C1CO. The molecule has 0 aromatic heterocycles. The Morgan fingerprint density at radius 2 is 2.18 bits per heavy atom. The lowest BCUT2D eigenvalue weighted by molar-refractivity contribution is -0.123. The molecule has 1 aliphatic rings. The van der Waals surface area contributed by atoms with Crippen molar-refractivity contribution in [3.63, 3.8) is 0 Å². The van der Waals surface area contributed by atoms with E-state index in [0.29, 0.717) is 6.54 Å². The van der Waals surface area contributed by atoms with Crippen LogP contribution >= 0.6 is 0 Å². The number of rotatable bonds is 2. The van der Waals surface area contributed by atoms with Crippen LogP contribution in [0.2, 0.25) is 0 Å². The van der Waals surface area contributed by atoms with Gasteiger partial charge in [0.2, 0.25) is 0 Å². The first-order valence-corrected chi connectivity index (χ1v) is 5.57. The zero-order valence-electron chi connectivity index (χ0n) is 9.63. The highest BCUT2D eigenvalue weighted by Gasteiger charge is 2.33. The molecule has 1 heterocycles. The third kappa shape index (κ3) is 4.07. The van der Waals surface area contributed by atoms with Gasteiger partial charge in [-0.1, -0.05) is 6.92 Å². The topological polar surface area (TPSA) is 52.6 Å². The summed E-state index contributed by atoms with van der Waals surface area (Å²) in [6.07, 6.45) is -2.79. The number of halogens is 3. The van der Waals surface area contributed by atoms with Crippen molar-refractivity contribution < 1.29 is 23.1 Å². The Kier molecular flexibility index (Phi) is 4.62. The van der Waals surface area contributed by atoms with Gasteiger partial charge in [0.15, 0.2) is 0 Å². The first-order chi connectivity index (χ1) is 7.85. The van der Waals surface area contributed by atoms with Crippen LogP contribution in [-0.2, 0) is 0 Å². The van der Waals surface area contributed by atoms with Crippen LogP contribution in [0.3, 0.4) is 0 Å². The Morgan fingerprint density at radius 3 is 2.71 bits per heavy atom. The Labute approximate surface area is 97.8 Å². The first kappa shape index (κ1) is 14.1. The van der Waals surface area contributed by atoms with Crippen LogP contribution in [0.25, 0.3) is 0 Å². The molecule has 0 spiro atoms. The molecule has 7 heteroatoms. The summed E-state index contributed by atoms with van der Waals surface area (Å²) in [6, 6.07) is -1.15. The van der Waals surface area contributed by atoms with Gasteiger partial charge in [0.1, 0.15) is 6.54 Å². The van der Waals surface area contributed by atoms with Gasteiger partial charge < -0.3 is 15.3 Å². The number of amides is 2. The van der Waals surface area contributed by atoms with Gasteiger partial charge in [-0.15, -0.1) is 0 Å². The molecule has 0 bridgehead atoms. The summed E-state index contributed by atoms with van der Waals surface area (Å²) in [5, 5.41) is 11.0. The Balaban J connectivity index is 2.54. The molecule has 0 radical (unpaired) electrons. The van der Waals surface area contributed by atoms with Crippen molar-refractivity contribution in [2.45, 2.75) is 32.0 Å². The summed E-state index contributed by atoms with van der Waals surface area (Å²) < 4.78 is 35.9. The number of hydrogen-bond donors (Lipinski definition) is 2. The molecule has 2 amide bonds. The quantitative estimate of drug-likeness (QED) is 0.781. The molecule has 0 aliphatic carbocycles. The summed E-state index contributed by atoms with van der Waals surface area (Å²) >= 11 is 0. The van der Waals surface area contributed by atoms with Crippen LogP contribution in [0.1, 0.15) is 19.8 Å². The Hall–Kier alpha value is -0.980. The van der Waals surface area contributed by atoms with Crippen molar-refractivity contribution in [2.24, 2.45) is 5.92 Å². The summed E-state index contributed by atoms with van der Waals surface area (Å²) in [5.41, 5.74) is 0. The van der Waals surface area contributed by atoms with E-state index in [1.54, 1.807) is 0 Å². The number of piperidine rings is 1. The number of likely N-dealkylation sites (tertiary alicyclic amines) is 1. The molecule has 0 aromatic carbocycles. The summed E-state index contributed by atoms with van der Waals surface area (Å²) in [4.78, 5) is 12.9. The summed E-state index contributed by atoms with van der Waals surface area (Å²) in [6.45, 7) is 0.707. The van der Waals surface area contributed by atoms with Crippen molar-refractivity contribution in [1.29, 1.82) is 0 Å². The second kappa shape index (κ2) is 5.57. The van der Waals surface area contributed by atoms with Gasteiger partial charge in [0, 0.05) is 6.54 Å². The molecule has 1 fully saturated rings. The van der Waals surface area contributed by atoms with Crippen molar-refractivity contribution in [1.82, 2.24) is 10.2 Å². The van der Waals surface area contributed by atoms with Crippen LogP contribution in [0, 0.1) is 5.92 Å². The zero-order chi connectivity index (χ0) is 13.1. The highest BCUT2D eigenvalue weighted by Crippen LogP contribution is 2.23. The number of carbonyl (C=O) groups excluding carboxylic acids is 1. The minimum Gasteiger partial charge on any atom is -0.394 e. The molecule has 2 atom stereocenters. The number of urea groups is 1. The van der Waals surface area contributed by atoms with Gasteiger partial charge in [-0.2, -0.15) is 13.2 Å². The molecule has 2 N–H and O–H groups in total. The lowest BCUT2D eigenvalue weighted by Gasteiger charge is -2.38. The fourth-order valence-corrected chi connectivity index (χ4v) is 2.06. The molecule has 0 aromatic rings. The average molecular weight is 254 g/mol. The number of nitrogens with one attached hydrogen (secondary N) is 1. The monoisotopic (exact) mass is 254 g/mol. The number of hydrogen-bond acceptors (Lipinski definition) is 2. The minimum atomic E-state index is -4.41. The molecule has 1 rings (SSSR count). The van der Waals surface area contributed by atoms with E-state index < -0.39 is 24.8 Å². The van der Waals surface area contributed by atoms with Crippen LogP contribution in [-0.4, -0.2) is 48.0 Å². The number of nitrogens with zero attached hydrogens (tertiary/aromatic N) is 1. The van der Waals surface area contributed by atoms with Crippen LogP contribution in [0.15, 0.2) is 0 Å². The maximum absolute atomic E-state index is 12.0. The minimum absolute atomic E-state index is 0.102. The molecule has 1 aliphatic heterocycles. The summed E-state index contributed by atoms with van der Waals surface area (Å²) in [5.74, 6) is 0.102. The largest absolute Gasteiger partial charge is 0.405 e. The molecule has 17 heavy (non-hydrogen) atoms. The van der Waals surface area contributed by atoms with Gasteiger partial charge in [-0.05, 0) is 18.8 Å². The predicted molar refractivity (Wildman–Crippen MR) is 55.4 cm³/mol. The van der Waals surface area contributed by atoms with Crippen molar-refractivity contribution in [2.75, 3.05) is 19.7 Å². The number of carbonyl (C=O) groups is 1. The highest BCUT2D eigenvalue weighted by atomic mass is 19.4. The normalized spacial score (nSPS) is 25.8. The van der Waals surface area contributed by atoms with Gasteiger partial charge in [-0.25, -0.2) is 4.79 Å². The van der Waals surface area contributed by atoms with Crippen molar-refractivity contribution in [3.8, 4) is 0 Å². The number of aliphatic hydroxyl groups is 1. The third-order valence-electron chi connectivity index (χ3n) is 3.00. The second-order valence-electron chi connectivity index (χ2n) is 4.34. The van der Waals surface area contributed by atoms with E-state index in [0.717, 1.165) is 12.8 Å².